The average molecular weight is 214 g/mol. The Morgan fingerprint density at radius 2 is 2.07 bits per heavy atom. The van der Waals surface area contributed by atoms with Crippen LogP contribution in [0.25, 0.3) is 0 Å². The first-order valence-electron chi connectivity index (χ1n) is 6.39. The summed E-state index contributed by atoms with van der Waals surface area (Å²) in [6.07, 6.45) is 5.31. The molecule has 15 heavy (non-hydrogen) atoms. The van der Waals surface area contributed by atoms with Crippen molar-refractivity contribution in [2.75, 3.05) is 6.61 Å². The molecular formula is C13H26O2. The molecule has 1 rings (SSSR count). The van der Waals surface area contributed by atoms with Crippen LogP contribution in [-0.2, 0) is 4.74 Å². The molecule has 3 unspecified atom stereocenters. The molecule has 1 N–H and O–H groups in total. The first kappa shape index (κ1) is 13.0. The Morgan fingerprint density at radius 3 is 2.73 bits per heavy atom. The van der Waals surface area contributed by atoms with Crippen LogP contribution in [0.3, 0.4) is 0 Å². The maximum Gasteiger partial charge on any atom is 0.0836 e. The van der Waals surface area contributed by atoms with Gasteiger partial charge in [-0.3, -0.25) is 0 Å². The zero-order valence-electron chi connectivity index (χ0n) is 10.4. The van der Waals surface area contributed by atoms with Crippen molar-refractivity contribution < 1.29 is 9.84 Å². The van der Waals surface area contributed by atoms with Crippen molar-refractivity contribution in [3.63, 3.8) is 0 Å². The van der Waals surface area contributed by atoms with Crippen LogP contribution in [0.2, 0.25) is 0 Å². The molecule has 0 heterocycles. The van der Waals surface area contributed by atoms with E-state index in [-0.39, 0.29) is 12.2 Å². The molecule has 1 fully saturated rings. The first-order valence-corrected chi connectivity index (χ1v) is 6.39. The predicted octanol–water partition coefficient (Wildman–Crippen LogP) is 2.99. The molecular weight excluding hydrogens is 188 g/mol. The van der Waals surface area contributed by atoms with Crippen molar-refractivity contribution >= 4 is 0 Å². The van der Waals surface area contributed by atoms with Crippen molar-refractivity contribution in [2.24, 2.45) is 11.8 Å². The second-order valence-electron chi connectivity index (χ2n) is 5.43. The highest BCUT2D eigenvalue weighted by atomic mass is 16.5. The summed E-state index contributed by atoms with van der Waals surface area (Å²) < 4.78 is 5.77. The molecule has 2 heteroatoms. The van der Waals surface area contributed by atoms with Crippen LogP contribution in [0.1, 0.15) is 52.9 Å². The minimum Gasteiger partial charge on any atom is -0.390 e. The fraction of sp³-hybridized carbons (Fsp3) is 1.00. The van der Waals surface area contributed by atoms with Crippen molar-refractivity contribution in [1.82, 2.24) is 0 Å². The summed E-state index contributed by atoms with van der Waals surface area (Å²) in [6, 6.07) is 0. The van der Waals surface area contributed by atoms with Crippen LogP contribution >= 0.6 is 0 Å². The van der Waals surface area contributed by atoms with Gasteiger partial charge in [0.15, 0.2) is 0 Å². The number of aliphatic hydroxyl groups is 1. The average Bonchev–Trinajstić information content (AvgIpc) is 2.17. The van der Waals surface area contributed by atoms with E-state index in [2.05, 4.69) is 20.8 Å². The van der Waals surface area contributed by atoms with Crippen molar-refractivity contribution in [2.45, 2.75) is 65.1 Å². The van der Waals surface area contributed by atoms with Crippen LogP contribution in [0.5, 0.6) is 0 Å². The number of aliphatic hydroxyl groups excluding tert-OH is 1. The molecule has 2 nitrogen and oxygen atoms in total. The highest BCUT2D eigenvalue weighted by molar-refractivity contribution is 4.78. The van der Waals surface area contributed by atoms with Gasteiger partial charge in [-0.15, -0.1) is 0 Å². The number of ether oxygens (including phenoxy) is 1. The van der Waals surface area contributed by atoms with E-state index in [1.807, 2.05) is 0 Å². The first-order chi connectivity index (χ1) is 7.09. The number of hydrogen-bond acceptors (Lipinski definition) is 2. The van der Waals surface area contributed by atoms with Gasteiger partial charge >= 0.3 is 0 Å². The molecule has 0 bridgehead atoms. The Bertz CT molecular complexity index is 168. The molecule has 3 atom stereocenters. The summed E-state index contributed by atoms with van der Waals surface area (Å²) in [7, 11) is 0. The fourth-order valence-electron chi connectivity index (χ4n) is 2.22. The second-order valence-corrected chi connectivity index (χ2v) is 5.43. The van der Waals surface area contributed by atoms with Gasteiger partial charge in [0.05, 0.1) is 12.2 Å². The third-order valence-corrected chi connectivity index (χ3v) is 3.28. The molecule has 1 aliphatic rings. The zero-order valence-corrected chi connectivity index (χ0v) is 10.4. The van der Waals surface area contributed by atoms with Gasteiger partial charge in [0.1, 0.15) is 0 Å². The van der Waals surface area contributed by atoms with Crippen LogP contribution in [0.4, 0.5) is 0 Å². The smallest absolute Gasteiger partial charge is 0.0836 e. The summed E-state index contributed by atoms with van der Waals surface area (Å²) in [5.74, 6) is 1.47. The van der Waals surface area contributed by atoms with E-state index in [1.54, 1.807) is 0 Å². The molecule has 1 aliphatic carbocycles. The molecule has 0 amide bonds. The van der Waals surface area contributed by atoms with E-state index in [0.29, 0.717) is 5.92 Å². The van der Waals surface area contributed by atoms with Crippen LogP contribution in [-0.4, -0.2) is 23.9 Å². The lowest BCUT2D eigenvalue weighted by molar-refractivity contribution is -0.0704. The van der Waals surface area contributed by atoms with Gasteiger partial charge in [-0.05, 0) is 43.9 Å². The molecule has 90 valence electrons. The van der Waals surface area contributed by atoms with Crippen LogP contribution < -0.4 is 0 Å². The molecule has 0 aromatic heterocycles. The van der Waals surface area contributed by atoms with E-state index >= 15 is 0 Å². The maximum absolute atomic E-state index is 9.77. The quantitative estimate of drug-likeness (QED) is 0.713. The third kappa shape index (κ3) is 4.98. The molecule has 0 aromatic carbocycles. The van der Waals surface area contributed by atoms with Gasteiger partial charge in [0, 0.05) is 6.61 Å². The Hall–Kier alpha value is -0.0800. The van der Waals surface area contributed by atoms with Gasteiger partial charge in [0.25, 0.3) is 0 Å². The topological polar surface area (TPSA) is 29.5 Å². The summed E-state index contributed by atoms with van der Waals surface area (Å²) in [4.78, 5) is 0. The van der Waals surface area contributed by atoms with Crippen molar-refractivity contribution in [3.05, 3.63) is 0 Å². The number of rotatable bonds is 5. The predicted molar refractivity (Wildman–Crippen MR) is 62.8 cm³/mol. The van der Waals surface area contributed by atoms with Gasteiger partial charge in [0.2, 0.25) is 0 Å². The highest BCUT2D eigenvalue weighted by Crippen LogP contribution is 2.26. The Morgan fingerprint density at radius 1 is 1.33 bits per heavy atom. The third-order valence-electron chi connectivity index (χ3n) is 3.28. The lowest BCUT2D eigenvalue weighted by atomic mass is 9.86. The lowest BCUT2D eigenvalue weighted by Crippen LogP contribution is -2.35. The SMILES string of the molecule is CC(C)CCCOC1CC(C)CCC1O. The maximum atomic E-state index is 9.77. The van der Waals surface area contributed by atoms with Gasteiger partial charge < -0.3 is 9.84 Å². The summed E-state index contributed by atoms with van der Waals surface area (Å²) in [5, 5.41) is 9.77. The normalized spacial score (nSPS) is 32.2. The Labute approximate surface area is 94.0 Å². The van der Waals surface area contributed by atoms with E-state index in [0.717, 1.165) is 38.2 Å². The van der Waals surface area contributed by atoms with Gasteiger partial charge in [-0.1, -0.05) is 20.8 Å². The molecule has 0 radical (unpaired) electrons. The lowest BCUT2D eigenvalue weighted by Gasteiger charge is -2.31. The standard InChI is InChI=1S/C13H26O2/c1-10(2)5-4-8-15-13-9-11(3)6-7-12(13)14/h10-14H,4-9H2,1-3H3. The zero-order chi connectivity index (χ0) is 11.3. The second kappa shape index (κ2) is 6.49. The van der Waals surface area contributed by atoms with Gasteiger partial charge in [-0.2, -0.15) is 0 Å². The molecule has 1 saturated carbocycles. The van der Waals surface area contributed by atoms with Crippen LogP contribution in [0, 0.1) is 11.8 Å². The Balaban J connectivity index is 2.13. The summed E-state index contributed by atoms with van der Waals surface area (Å²) in [6.45, 7) is 7.53. The minimum atomic E-state index is -0.222. The van der Waals surface area contributed by atoms with E-state index in [1.165, 1.54) is 6.42 Å². The molecule has 0 saturated heterocycles. The fourth-order valence-corrected chi connectivity index (χ4v) is 2.22. The van der Waals surface area contributed by atoms with E-state index in [9.17, 15) is 5.11 Å². The molecule has 0 spiro atoms. The molecule has 0 aromatic rings. The molecule has 0 aliphatic heterocycles. The van der Waals surface area contributed by atoms with Crippen molar-refractivity contribution in [1.29, 1.82) is 0 Å². The summed E-state index contributed by atoms with van der Waals surface area (Å²) >= 11 is 0. The minimum absolute atomic E-state index is 0.0981. The van der Waals surface area contributed by atoms with Crippen LogP contribution in [0.15, 0.2) is 0 Å². The monoisotopic (exact) mass is 214 g/mol. The van der Waals surface area contributed by atoms with E-state index in [4.69, 9.17) is 4.74 Å². The number of hydrogen-bond donors (Lipinski definition) is 1. The largest absolute Gasteiger partial charge is 0.390 e. The Kier molecular flexibility index (Phi) is 5.62. The van der Waals surface area contributed by atoms with Gasteiger partial charge in [-0.25, -0.2) is 0 Å². The van der Waals surface area contributed by atoms with Crippen molar-refractivity contribution in [3.8, 4) is 0 Å². The summed E-state index contributed by atoms with van der Waals surface area (Å²) in [5.41, 5.74) is 0. The van der Waals surface area contributed by atoms with E-state index < -0.39 is 0 Å². The highest BCUT2D eigenvalue weighted by Gasteiger charge is 2.27.